The predicted octanol–water partition coefficient (Wildman–Crippen LogP) is 1.32. The van der Waals surface area contributed by atoms with E-state index in [1.54, 1.807) is 6.07 Å². The molecule has 1 rings (SSSR count). The van der Waals surface area contributed by atoms with E-state index in [1.165, 1.54) is 25.3 Å². The van der Waals surface area contributed by atoms with Gasteiger partial charge >= 0.3 is 5.97 Å². The van der Waals surface area contributed by atoms with Gasteiger partial charge in [0.2, 0.25) is 0 Å². The Labute approximate surface area is 98.0 Å². The van der Waals surface area contributed by atoms with Crippen LogP contribution in [0.5, 0.6) is 5.75 Å². The lowest BCUT2D eigenvalue weighted by atomic mass is 10.1. The number of carboxylic acid groups (broad SMARTS) is 1. The number of phenolic OH excluding ortho intramolecular Hbond substituents is 1. The van der Waals surface area contributed by atoms with Crippen LogP contribution in [0, 0.1) is 0 Å². The van der Waals surface area contributed by atoms with Crippen molar-refractivity contribution >= 4 is 17.8 Å². The summed E-state index contributed by atoms with van der Waals surface area (Å²) in [7, 11) is 1.39. The molecule has 0 aliphatic heterocycles. The maximum absolute atomic E-state index is 11.4. The molecule has 90 valence electrons. The Hall–Kier alpha value is -2.14. The van der Waals surface area contributed by atoms with Gasteiger partial charge in [0.05, 0.1) is 5.56 Å². The van der Waals surface area contributed by atoms with Crippen molar-refractivity contribution in [3.63, 3.8) is 0 Å². The molecule has 2 N–H and O–H groups in total. The van der Waals surface area contributed by atoms with Crippen molar-refractivity contribution in [3.05, 3.63) is 35.4 Å². The van der Waals surface area contributed by atoms with E-state index < -0.39 is 5.97 Å². The molecule has 0 atom stereocenters. The number of carbonyl (C=O) groups is 2. The molecule has 0 aliphatic rings. The first kappa shape index (κ1) is 12.9. The molecule has 0 aliphatic carbocycles. The lowest BCUT2D eigenvalue weighted by Gasteiger charge is -2.03. The number of rotatable bonds is 5. The fourth-order valence-electron chi connectivity index (χ4n) is 1.26. The highest BCUT2D eigenvalue weighted by atomic mass is 16.5. The van der Waals surface area contributed by atoms with Gasteiger partial charge in [-0.15, -0.1) is 0 Å². The Kier molecular flexibility index (Phi) is 4.42. The van der Waals surface area contributed by atoms with Gasteiger partial charge in [-0.1, -0.05) is 6.07 Å². The fraction of sp³-hybridized carbons (Fsp3) is 0.167. The molecule has 0 heterocycles. The zero-order valence-electron chi connectivity index (χ0n) is 9.21. The van der Waals surface area contributed by atoms with Crippen molar-refractivity contribution in [2.45, 2.75) is 0 Å². The minimum Gasteiger partial charge on any atom is -0.507 e. The van der Waals surface area contributed by atoms with E-state index in [2.05, 4.69) is 4.74 Å². The normalized spacial score (nSPS) is 10.6. The number of phenols is 1. The second kappa shape index (κ2) is 5.81. The Bertz CT molecular complexity index is 462. The number of methoxy groups -OCH3 is 1. The molecule has 0 bridgehead atoms. The molecule has 0 unspecified atom stereocenters. The summed E-state index contributed by atoms with van der Waals surface area (Å²) in [5.41, 5.74) is 0.651. The van der Waals surface area contributed by atoms with E-state index in [-0.39, 0.29) is 23.7 Å². The first-order valence-corrected chi connectivity index (χ1v) is 4.80. The number of aliphatic carboxylic acids is 1. The third-order valence-electron chi connectivity index (χ3n) is 2.02. The molecular formula is C12H12O5. The number of Topliss-reactive ketones (excluding diaryl/α,β-unsaturated/α-hetero) is 1. The van der Waals surface area contributed by atoms with Gasteiger partial charge in [0.15, 0.2) is 5.78 Å². The van der Waals surface area contributed by atoms with Gasteiger partial charge < -0.3 is 14.9 Å². The van der Waals surface area contributed by atoms with Crippen molar-refractivity contribution in [3.8, 4) is 5.75 Å². The van der Waals surface area contributed by atoms with Crippen LogP contribution in [-0.2, 0) is 9.53 Å². The quantitative estimate of drug-likeness (QED) is 0.595. The smallest absolute Gasteiger partial charge is 0.328 e. The molecule has 5 heteroatoms. The minimum absolute atomic E-state index is 0.113. The number of aromatic hydroxyl groups is 1. The molecule has 0 amide bonds. The topological polar surface area (TPSA) is 83.8 Å². The molecule has 17 heavy (non-hydrogen) atoms. The van der Waals surface area contributed by atoms with E-state index in [4.69, 9.17) is 5.11 Å². The van der Waals surface area contributed by atoms with Crippen molar-refractivity contribution in [2.75, 3.05) is 13.7 Å². The summed E-state index contributed by atoms with van der Waals surface area (Å²) in [5, 5.41) is 18.0. The summed E-state index contributed by atoms with van der Waals surface area (Å²) in [6.07, 6.45) is 2.28. The van der Waals surface area contributed by atoms with Crippen LogP contribution in [0.3, 0.4) is 0 Å². The molecule has 0 fully saturated rings. The van der Waals surface area contributed by atoms with Gasteiger partial charge in [-0.05, 0) is 23.8 Å². The number of ketones is 1. The van der Waals surface area contributed by atoms with E-state index in [0.717, 1.165) is 6.08 Å². The van der Waals surface area contributed by atoms with Crippen LogP contribution >= 0.6 is 0 Å². The molecule has 0 radical (unpaired) electrons. The van der Waals surface area contributed by atoms with Crippen molar-refractivity contribution in [1.29, 1.82) is 0 Å². The molecule has 0 saturated carbocycles. The molecule has 0 saturated heterocycles. The summed E-state index contributed by atoms with van der Waals surface area (Å²) in [6, 6.07) is 4.29. The first-order chi connectivity index (χ1) is 8.04. The van der Waals surface area contributed by atoms with Crippen LogP contribution in [0.2, 0.25) is 0 Å². The average molecular weight is 236 g/mol. The number of hydrogen-bond donors (Lipinski definition) is 2. The third kappa shape index (κ3) is 3.73. The second-order valence-corrected chi connectivity index (χ2v) is 3.30. The molecule has 0 aromatic heterocycles. The maximum Gasteiger partial charge on any atom is 0.328 e. The van der Waals surface area contributed by atoms with E-state index in [0.29, 0.717) is 5.56 Å². The highest BCUT2D eigenvalue weighted by molar-refractivity contribution is 5.99. The van der Waals surface area contributed by atoms with Crippen LogP contribution in [0.15, 0.2) is 24.3 Å². The number of ether oxygens (including phenoxy) is 1. The second-order valence-electron chi connectivity index (χ2n) is 3.30. The summed E-state index contributed by atoms with van der Waals surface area (Å²) < 4.78 is 4.67. The highest BCUT2D eigenvalue weighted by Crippen LogP contribution is 2.20. The SMILES string of the molecule is COCC(=O)c1ccc(/C=C/C(=O)O)cc1O. The number of benzene rings is 1. The Morgan fingerprint density at radius 3 is 2.65 bits per heavy atom. The Morgan fingerprint density at radius 1 is 1.41 bits per heavy atom. The van der Waals surface area contributed by atoms with Crippen LogP contribution in [0.25, 0.3) is 6.08 Å². The molecular weight excluding hydrogens is 224 g/mol. The monoisotopic (exact) mass is 236 g/mol. The third-order valence-corrected chi connectivity index (χ3v) is 2.02. The first-order valence-electron chi connectivity index (χ1n) is 4.80. The van der Waals surface area contributed by atoms with Crippen molar-refractivity contribution in [2.24, 2.45) is 0 Å². The van der Waals surface area contributed by atoms with Gasteiger partial charge in [-0.3, -0.25) is 4.79 Å². The van der Waals surface area contributed by atoms with Crippen molar-refractivity contribution in [1.82, 2.24) is 0 Å². The van der Waals surface area contributed by atoms with Crippen LogP contribution < -0.4 is 0 Å². The molecule has 1 aromatic carbocycles. The van der Waals surface area contributed by atoms with E-state index in [1.807, 2.05) is 0 Å². The Balaban J connectivity index is 2.93. The zero-order valence-corrected chi connectivity index (χ0v) is 9.21. The van der Waals surface area contributed by atoms with Crippen LogP contribution in [-0.4, -0.2) is 35.7 Å². The standard InChI is InChI=1S/C12H12O5/c1-17-7-11(14)9-4-2-8(6-10(9)13)3-5-12(15)16/h2-6,13H,7H2,1H3,(H,15,16)/b5-3+. The summed E-state index contributed by atoms with van der Waals surface area (Å²) in [5.74, 6) is -1.61. The molecule has 0 spiro atoms. The largest absolute Gasteiger partial charge is 0.507 e. The van der Waals surface area contributed by atoms with Gasteiger partial charge in [0.25, 0.3) is 0 Å². The number of hydrogen-bond acceptors (Lipinski definition) is 4. The summed E-state index contributed by atoms with van der Waals surface area (Å²) >= 11 is 0. The number of carbonyl (C=O) groups excluding carboxylic acids is 1. The lowest BCUT2D eigenvalue weighted by Crippen LogP contribution is -2.07. The average Bonchev–Trinajstić information content (AvgIpc) is 2.26. The fourth-order valence-corrected chi connectivity index (χ4v) is 1.26. The Morgan fingerprint density at radius 2 is 2.12 bits per heavy atom. The zero-order chi connectivity index (χ0) is 12.8. The minimum atomic E-state index is -1.08. The lowest BCUT2D eigenvalue weighted by molar-refractivity contribution is -0.131. The number of carboxylic acids is 1. The maximum atomic E-state index is 11.4. The van der Waals surface area contributed by atoms with Crippen LogP contribution in [0.1, 0.15) is 15.9 Å². The van der Waals surface area contributed by atoms with Crippen LogP contribution in [0.4, 0.5) is 0 Å². The summed E-state index contributed by atoms with van der Waals surface area (Å²) in [4.78, 5) is 21.7. The highest BCUT2D eigenvalue weighted by Gasteiger charge is 2.10. The van der Waals surface area contributed by atoms with Gasteiger partial charge in [-0.25, -0.2) is 4.79 Å². The van der Waals surface area contributed by atoms with Gasteiger partial charge in [0, 0.05) is 13.2 Å². The van der Waals surface area contributed by atoms with Crippen molar-refractivity contribution < 1.29 is 24.5 Å². The molecule has 1 aromatic rings. The van der Waals surface area contributed by atoms with Gasteiger partial charge in [-0.2, -0.15) is 0 Å². The van der Waals surface area contributed by atoms with Gasteiger partial charge in [0.1, 0.15) is 12.4 Å². The predicted molar refractivity (Wildman–Crippen MR) is 61.0 cm³/mol. The van der Waals surface area contributed by atoms with E-state index >= 15 is 0 Å². The summed E-state index contributed by atoms with van der Waals surface area (Å²) in [6.45, 7) is -0.113. The molecule has 5 nitrogen and oxygen atoms in total. The van der Waals surface area contributed by atoms with E-state index in [9.17, 15) is 14.7 Å².